The largest absolute Gasteiger partial charge is 0.293 e. The molecule has 0 aromatic carbocycles. The van der Waals surface area contributed by atoms with Crippen LogP contribution in [0, 0.1) is 5.41 Å². The summed E-state index contributed by atoms with van der Waals surface area (Å²) in [5.41, 5.74) is -0.140. The minimum Gasteiger partial charge on any atom is -0.293 e. The van der Waals surface area contributed by atoms with Crippen molar-refractivity contribution in [1.82, 2.24) is 0 Å². The molecule has 1 unspecified atom stereocenters. The van der Waals surface area contributed by atoms with Gasteiger partial charge >= 0.3 is 0 Å². The normalized spacial score (nSPS) is 31.4. The zero-order valence-electron chi connectivity index (χ0n) is 5.52. The van der Waals surface area contributed by atoms with E-state index in [1.54, 1.807) is 6.08 Å². The molecule has 2 heteroatoms. The SMILES string of the molecule is CC1(C)C=CC(=O)C1Cl. The van der Waals surface area contributed by atoms with Gasteiger partial charge in [-0.1, -0.05) is 19.9 Å². The van der Waals surface area contributed by atoms with Gasteiger partial charge in [-0.25, -0.2) is 0 Å². The van der Waals surface area contributed by atoms with Crippen molar-refractivity contribution in [2.24, 2.45) is 5.41 Å². The minimum absolute atomic E-state index is 0.0293. The summed E-state index contributed by atoms with van der Waals surface area (Å²) in [7, 11) is 0. The molecule has 0 aromatic heterocycles. The molecule has 0 radical (unpaired) electrons. The van der Waals surface area contributed by atoms with Gasteiger partial charge in [-0.05, 0) is 6.08 Å². The average Bonchev–Trinajstić information content (AvgIpc) is 1.97. The first kappa shape index (κ1) is 6.81. The van der Waals surface area contributed by atoms with Crippen molar-refractivity contribution in [2.45, 2.75) is 19.2 Å². The molecule has 0 saturated carbocycles. The Morgan fingerprint density at radius 2 is 2.22 bits per heavy atom. The number of alkyl halides is 1. The van der Waals surface area contributed by atoms with E-state index >= 15 is 0 Å². The Morgan fingerprint density at radius 1 is 1.67 bits per heavy atom. The van der Waals surface area contributed by atoms with E-state index < -0.39 is 0 Å². The zero-order chi connectivity index (χ0) is 7.07. The fraction of sp³-hybridized carbons (Fsp3) is 0.571. The van der Waals surface area contributed by atoms with Crippen molar-refractivity contribution < 1.29 is 4.79 Å². The number of ketones is 1. The van der Waals surface area contributed by atoms with Crippen LogP contribution in [0.2, 0.25) is 0 Å². The molecule has 0 aliphatic heterocycles. The maximum Gasteiger partial charge on any atom is 0.174 e. The van der Waals surface area contributed by atoms with Crippen LogP contribution < -0.4 is 0 Å². The summed E-state index contributed by atoms with van der Waals surface area (Å²) < 4.78 is 0. The molecule has 0 saturated heterocycles. The fourth-order valence-corrected chi connectivity index (χ4v) is 0.978. The third kappa shape index (κ3) is 1.01. The van der Waals surface area contributed by atoms with Gasteiger partial charge in [-0.15, -0.1) is 11.6 Å². The van der Waals surface area contributed by atoms with Crippen molar-refractivity contribution in [3.8, 4) is 0 Å². The molecule has 9 heavy (non-hydrogen) atoms. The van der Waals surface area contributed by atoms with Gasteiger partial charge in [0.25, 0.3) is 0 Å². The quantitative estimate of drug-likeness (QED) is 0.474. The predicted octanol–water partition coefficient (Wildman–Crippen LogP) is 1.76. The molecule has 0 heterocycles. The van der Waals surface area contributed by atoms with Crippen LogP contribution in [0.4, 0.5) is 0 Å². The Kier molecular flexibility index (Phi) is 1.39. The molecule has 1 aliphatic carbocycles. The molecule has 0 spiro atoms. The Labute approximate surface area is 59.7 Å². The van der Waals surface area contributed by atoms with Crippen molar-refractivity contribution >= 4 is 17.4 Å². The summed E-state index contributed by atoms with van der Waals surface area (Å²) in [6.45, 7) is 3.90. The van der Waals surface area contributed by atoms with E-state index in [0.29, 0.717) is 0 Å². The summed E-state index contributed by atoms with van der Waals surface area (Å²) in [4.78, 5) is 10.8. The van der Waals surface area contributed by atoms with Crippen LogP contribution in [-0.4, -0.2) is 11.2 Å². The first-order chi connectivity index (χ1) is 4.04. The molecular formula is C7H9ClO. The van der Waals surface area contributed by atoms with Crippen LogP contribution in [0.25, 0.3) is 0 Å². The highest BCUT2D eigenvalue weighted by atomic mass is 35.5. The fourth-order valence-electron chi connectivity index (χ4n) is 0.833. The predicted molar refractivity (Wildman–Crippen MR) is 37.6 cm³/mol. The van der Waals surface area contributed by atoms with E-state index in [4.69, 9.17) is 11.6 Å². The van der Waals surface area contributed by atoms with Crippen LogP contribution >= 0.6 is 11.6 Å². The minimum atomic E-state index is -0.350. The molecular weight excluding hydrogens is 136 g/mol. The maximum absolute atomic E-state index is 10.8. The number of carbonyl (C=O) groups excluding carboxylic acids is 1. The maximum atomic E-state index is 10.8. The summed E-state index contributed by atoms with van der Waals surface area (Å²) in [5.74, 6) is 0.0293. The molecule has 1 nitrogen and oxygen atoms in total. The highest BCUT2D eigenvalue weighted by molar-refractivity contribution is 6.34. The number of rotatable bonds is 0. The second-order valence-electron chi connectivity index (χ2n) is 2.92. The molecule has 0 aromatic rings. The number of hydrogen-bond acceptors (Lipinski definition) is 1. The average molecular weight is 145 g/mol. The van der Waals surface area contributed by atoms with Gasteiger partial charge < -0.3 is 0 Å². The van der Waals surface area contributed by atoms with E-state index in [2.05, 4.69) is 0 Å². The molecule has 1 atom stereocenters. The molecule has 0 bridgehead atoms. The second kappa shape index (κ2) is 1.84. The lowest BCUT2D eigenvalue weighted by Gasteiger charge is -2.17. The van der Waals surface area contributed by atoms with Crippen molar-refractivity contribution in [1.29, 1.82) is 0 Å². The number of allylic oxidation sites excluding steroid dienone is 2. The highest BCUT2D eigenvalue weighted by Gasteiger charge is 2.34. The lowest BCUT2D eigenvalue weighted by atomic mass is 9.93. The Balaban J connectivity index is 2.86. The third-order valence-electron chi connectivity index (χ3n) is 1.58. The smallest absolute Gasteiger partial charge is 0.174 e. The molecule has 1 aliphatic rings. The number of halogens is 1. The second-order valence-corrected chi connectivity index (χ2v) is 3.36. The standard InChI is InChI=1S/C7H9ClO/c1-7(2)4-3-5(9)6(7)8/h3-4,6H,1-2H3. The van der Waals surface area contributed by atoms with E-state index in [0.717, 1.165) is 0 Å². The lowest BCUT2D eigenvalue weighted by molar-refractivity contribution is -0.114. The van der Waals surface area contributed by atoms with Crippen molar-refractivity contribution in [3.63, 3.8) is 0 Å². The number of carbonyl (C=O) groups is 1. The van der Waals surface area contributed by atoms with Crippen LogP contribution in [0.1, 0.15) is 13.8 Å². The molecule has 1 rings (SSSR count). The van der Waals surface area contributed by atoms with Gasteiger partial charge in [0.2, 0.25) is 0 Å². The summed E-state index contributed by atoms with van der Waals surface area (Å²) in [5, 5.41) is -0.350. The lowest BCUT2D eigenvalue weighted by Crippen LogP contribution is -2.22. The van der Waals surface area contributed by atoms with Gasteiger partial charge in [0.15, 0.2) is 5.78 Å². The molecule has 0 amide bonds. The van der Waals surface area contributed by atoms with E-state index in [-0.39, 0.29) is 16.6 Å². The molecule has 0 fully saturated rings. The van der Waals surface area contributed by atoms with Crippen LogP contribution in [0.3, 0.4) is 0 Å². The van der Waals surface area contributed by atoms with Crippen LogP contribution in [-0.2, 0) is 4.79 Å². The first-order valence-electron chi connectivity index (χ1n) is 2.91. The van der Waals surface area contributed by atoms with Crippen LogP contribution in [0.15, 0.2) is 12.2 Å². The zero-order valence-corrected chi connectivity index (χ0v) is 6.27. The molecule has 50 valence electrons. The summed E-state index contributed by atoms with van der Waals surface area (Å²) in [6.07, 6.45) is 3.41. The Hall–Kier alpha value is -0.300. The van der Waals surface area contributed by atoms with Crippen LogP contribution in [0.5, 0.6) is 0 Å². The third-order valence-corrected chi connectivity index (χ3v) is 2.36. The Morgan fingerprint density at radius 3 is 2.33 bits per heavy atom. The van der Waals surface area contributed by atoms with Crippen molar-refractivity contribution in [2.75, 3.05) is 0 Å². The molecule has 0 N–H and O–H groups in total. The number of hydrogen-bond donors (Lipinski definition) is 0. The Bertz CT molecular complexity index is 170. The van der Waals surface area contributed by atoms with E-state index in [1.807, 2.05) is 19.9 Å². The topological polar surface area (TPSA) is 17.1 Å². The summed E-state index contributed by atoms with van der Waals surface area (Å²) >= 11 is 5.74. The monoisotopic (exact) mass is 144 g/mol. The van der Waals surface area contributed by atoms with Gasteiger partial charge in [-0.3, -0.25) is 4.79 Å². The van der Waals surface area contributed by atoms with Crippen molar-refractivity contribution in [3.05, 3.63) is 12.2 Å². The van der Waals surface area contributed by atoms with E-state index in [1.165, 1.54) is 0 Å². The highest BCUT2D eigenvalue weighted by Crippen LogP contribution is 2.32. The van der Waals surface area contributed by atoms with Gasteiger partial charge in [0.05, 0.1) is 0 Å². The van der Waals surface area contributed by atoms with Gasteiger partial charge in [0.1, 0.15) is 5.38 Å². The van der Waals surface area contributed by atoms with Gasteiger partial charge in [-0.2, -0.15) is 0 Å². The van der Waals surface area contributed by atoms with Gasteiger partial charge in [0, 0.05) is 5.41 Å². The first-order valence-corrected chi connectivity index (χ1v) is 3.35. The van der Waals surface area contributed by atoms with E-state index in [9.17, 15) is 4.79 Å². The summed E-state index contributed by atoms with van der Waals surface area (Å²) in [6, 6.07) is 0.